The number of carboxylic acid groups (broad SMARTS) is 1. The van der Waals surface area contributed by atoms with Gasteiger partial charge in [0.1, 0.15) is 0 Å². The number of alkyl halides is 3. The fraction of sp³-hybridized carbons (Fsp3) is 0.435. The van der Waals surface area contributed by atoms with Crippen molar-refractivity contribution in [3.63, 3.8) is 0 Å². The second-order valence-electron chi connectivity index (χ2n) is 7.67. The van der Waals surface area contributed by atoms with Crippen molar-refractivity contribution >= 4 is 29.2 Å². The molecular weight excluding hydrogens is 482 g/mol. The Morgan fingerprint density at radius 2 is 1.39 bits per heavy atom. The number of nitrogens with one attached hydrogen (secondary N) is 1. The minimum absolute atomic E-state index is 0.0981. The number of rotatable bonds is 9. The van der Waals surface area contributed by atoms with Gasteiger partial charge in [-0.3, -0.25) is 0 Å². The number of hydrogen-bond donors (Lipinski definition) is 3. The lowest BCUT2D eigenvalue weighted by Crippen LogP contribution is -2.35. The van der Waals surface area contributed by atoms with Gasteiger partial charge in [0.2, 0.25) is 0 Å². The first-order valence-electron chi connectivity index (χ1n) is 10.1. The summed E-state index contributed by atoms with van der Waals surface area (Å²) >= 11 is 11.9. The van der Waals surface area contributed by atoms with Crippen LogP contribution in [0.3, 0.4) is 0 Å². The third-order valence-corrected chi connectivity index (χ3v) is 5.09. The number of aliphatic carboxylic acids is 1. The minimum Gasteiger partial charge on any atom is -0.475 e. The smallest absolute Gasteiger partial charge is 0.475 e. The molecule has 2 rings (SSSR count). The zero-order chi connectivity index (χ0) is 25.2. The molecule has 0 fully saturated rings. The number of carbonyl (C=O) groups is 1. The summed E-state index contributed by atoms with van der Waals surface area (Å²) in [7, 11) is 0. The molecule has 0 aromatic heterocycles. The molecule has 3 unspecified atom stereocenters. The average molecular weight is 510 g/mol. The van der Waals surface area contributed by atoms with E-state index in [0.29, 0.717) is 17.5 Å². The van der Waals surface area contributed by atoms with Crippen molar-refractivity contribution in [2.24, 2.45) is 5.92 Å². The summed E-state index contributed by atoms with van der Waals surface area (Å²) in [5.74, 6) is -2.37. The third-order valence-electron chi connectivity index (χ3n) is 4.59. The van der Waals surface area contributed by atoms with Crippen LogP contribution in [-0.4, -0.2) is 41.6 Å². The molecule has 0 bridgehead atoms. The maximum absolute atomic E-state index is 10.6. The third kappa shape index (κ3) is 11.2. The monoisotopic (exact) mass is 509 g/mol. The lowest BCUT2D eigenvalue weighted by Gasteiger charge is -2.25. The van der Waals surface area contributed by atoms with E-state index in [9.17, 15) is 18.3 Å². The predicted octanol–water partition coefficient (Wildman–Crippen LogP) is 6.05. The average Bonchev–Trinajstić information content (AvgIpc) is 2.73. The fourth-order valence-electron chi connectivity index (χ4n) is 2.82. The van der Waals surface area contributed by atoms with Gasteiger partial charge in [0.25, 0.3) is 0 Å². The molecule has 0 saturated carbocycles. The second-order valence-corrected chi connectivity index (χ2v) is 8.54. The molecule has 2 aromatic rings. The number of hydrogen-bond acceptors (Lipinski definition) is 4. The van der Waals surface area contributed by atoms with E-state index >= 15 is 0 Å². The molecule has 0 saturated heterocycles. The Hall–Kier alpha value is -1.84. The van der Waals surface area contributed by atoms with Crippen molar-refractivity contribution in [3.05, 3.63) is 69.7 Å². The number of halogens is 5. The van der Waals surface area contributed by atoms with Crippen molar-refractivity contribution in [2.75, 3.05) is 13.2 Å². The van der Waals surface area contributed by atoms with Gasteiger partial charge in [0, 0.05) is 22.6 Å². The van der Waals surface area contributed by atoms with Crippen LogP contribution >= 0.6 is 23.2 Å². The van der Waals surface area contributed by atoms with E-state index in [0.717, 1.165) is 16.1 Å². The van der Waals surface area contributed by atoms with Gasteiger partial charge in [-0.15, -0.1) is 0 Å². The van der Waals surface area contributed by atoms with Crippen LogP contribution in [0.15, 0.2) is 48.5 Å². The summed E-state index contributed by atoms with van der Waals surface area (Å²) in [4.78, 5) is 8.90. The van der Waals surface area contributed by atoms with Crippen molar-refractivity contribution < 1.29 is 32.9 Å². The zero-order valence-electron chi connectivity index (χ0n) is 18.4. The molecule has 3 N–H and O–H groups in total. The first-order valence-corrected chi connectivity index (χ1v) is 10.9. The molecule has 5 nitrogen and oxygen atoms in total. The van der Waals surface area contributed by atoms with Crippen molar-refractivity contribution in [3.8, 4) is 0 Å². The molecule has 0 aliphatic carbocycles. The molecule has 0 aliphatic rings. The number of carboxylic acids is 1. The first kappa shape index (κ1) is 29.2. The largest absolute Gasteiger partial charge is 0.490 e. The molecule has 2 aromatic carbocycles. The minimum atomic E-state index is -5.08. The molecule has 0 heterocycles. The van der Waals surface area contributed by atoms with Crippen LogP contribution in [0.2, 0.25) is 10.0 Å². The summed E-state index contributed by atoms with van der Waals surface area (Å²) in [6, 6.07) is 15.5. The van der Waals surface area contributed by atoms with Crippen LogP contribution in [0.25, 0.3) is 0 Å². The SMILES string of the molecule is CC(OCC(O)CNC(c1ccc(Cl)cc1)C(C)C)c1ccc(Cl)cc1.O=C(O)C(F)(F)F. The quantitative estimate of drug-likeness (QED) is 0.383. The van der Waals surface area contributed by atoms with Gasteiger partial charge in [0.15, 0.2) is 0 Å². The van der Waals surface area contributed by atoms with Crippen LogP contribution in [0, 0.1) is 5.92 Å². The lowest BCUT2D eigenvalue weighted by molar-refractivity contribution is -0.192. The topological polar surface area (TPSA) is 78.8 Å². The highest BCUT2D eigenvalue weighted by atomic mass is 35.5. The van der Waals surface area contributed by atoms with E-state index in [1.54, 1.807) is 0 Å². The second kappa shape index (κ2) is 13.8. The van der Waals surface area contributed by atoms with E-state index in [2.05, 4.69) is 19.2 Å². The predicted molar refractivity (Wildman–Crippen MR) is 123 cm³/mol. The fourth-order valence-corrected chi connectivity index (χ4v) is 3.07. The van der Waals surface area contributed by atoms with Gasteiger partial charge >= 0.3 is 12.1 Å². The number of benzene rings is 2. The Morgan fingerprint density at radius 1 is 0.970 bits per heavy atom. The van der Waals surface area contributed by atoms with Crippen molar-refractivity contribution in [2.45, 2.75) is 45.2 Å². The maximum Gasteiger partial charge on any atom is 0.490 e. The van der Waals surface area contributed by atoms with Crippen LogP contribution < -0.4 is 5.32 Å². The summed E-state index contributed by atoms with van der Waals surface area (Å²) in [6.45, 7) is 6.99. The normalized spacial score (nSPS) is 14.2. The molecule has 0 aliphatic heterocycles. The highest BCUT2D eigenvalue weighted by molar-refractivity contribution is 6.30. The van der Waals surface area contributed by atoms with Crippen LogP contribution in [0.4, 0.5) is 13.2 Å². The summed E-state index contributed by atoms with van der Waals surface area (Å²) < 4.78 is 37.5. The summed E-state index contributed by atoms with van der Waals surface area (Å²) in [5.41, 5.74) is 2.20. The number of ether oxygens (including phenoxy) is 1. The maximum atomic E-state index is 10.6. The Balaban J connectivity index is 0.000000675. The highest BCUT2D eigenvalue weighted by Crippen LogP contribution is 2.23. The molecule has 0 amide bonds. The summed E-state index contributed by atoms with van der Waals surface area (Å²) in [5, 5.41) is 22.3. The van der Waals surface area contributed by atoms with Gasteiger partial charge in [-0.25, -0.2) is 4.79 Å². The standard InChI is InChI=1S/C21H27Cl2NO2.C2HF3O2/c1-14(2)21(17-6-10-19(23)11-7-17)24-12-20(25)13-26-15(3)16-4-8-18(22)9-5-16;3-2(4,5)1(6)7/h4-11,14-15,20-21,24-25H,12-13H2,1-3H3;(H,6,7). The van der Waals surface area contributed by atoms with E-state index in [-0.39, 0.29) is 18.8 Å². The molecule has 0 radical (unpaired) electrons. The van der Waals surface area contributed by atoms with Crippen LogP contribution in [0.5, 0.6) is 0 Å². The van der Waals surface area contributed by atoms with Gasteiger partial charge in [-0.2, -0.15) is 13.2 Å². The van der Waals surface area contributed by atoms with Crippen molar-refractivity contribution in [1.82, 2.24) is 5.32 Å². The van der Waals surface area contributed by atoms with Gasteiger partial charge in [0.05, 0.1) is 18.8 Å². The Kier molecular flexibility index (Phi) is 12.2. The Bertz CT molecular complexity index is 846. The summed E-state index contributed by atoms with van der Waals surface area (Å²) in [6.07, 6.45) is -5.77. The van der Waals surface area contributed by atoms with Crippen LogP contribution in [-0.2, 0) is 9.53 Å². The highest BCUT2D eigenvalue weighted by Gasteiger charge is 2.38. The van der Waals surface area contributed by atoms with E-state index in [1.807, 2.05) is 55.5 Å². The van der Waals surface area contributed by atoms with E-state index in [1.165, 1.54) is 0 Å². The van der Waals surface area contributed by atoms with Gasteiger partial charge < -0.3 is 20.3 Å². The number of aliphatic hydroxyl groups excluding tert-OH is 1. The molecule has 184 valence electrons. The number of aliphatic hydroxyl groups is 1. The van der Waals surface area contributed by atoms with Crippen LogP contribution in [0.1, 0.15) is 44.0 Å². The lowest BCUT2D eigenvalue weighted by atomic mass is 9.96. The van der Waals surface area contributed by atoms with Gasteiger partial charge in [-0.05, 0) is 48.2 Å². The molecule has 33 heavy (non-hydrogen) atoms. The molecule has 10 heteroatoms. The molecular formula is C23H28Cl2F3NO4. The first-order chi connectivity index (χ1) is 15.3. The van der Waals surface area contributed by atoms with Crippen molar-refractivity contribution in [1.29, 1.82) is 0 Å². The van der Waals surface area contributed by atoms with E-state index < -0.39 is 18.2 Å². The van der Waals surface area contributed by atoms with E-state index in [4.69, 9.17) is 37.8 Å². The molecule has 3 atom stereocenters. The molecule has 0 spiro atoms. The Labute approximate surface area is 201 Å². The Morgan fingerprint density at radius 3 is 1.79 bits per heavy atom. The zero-order valence-corrected chi connectivity index (χ0v) is 20.0. The van der Waals surface area contributed by atoms with Gasteiger partial charge in [-0.1, -0.05) is 61.3 Å².